The minimum absolute atomic E-state index is 0.000195. The van der Waals surface area contributed by atoms with Crippen molar-refractivity contribution in [2.75, 3.05) is 13.0 Å². The number of rotatable bonds is 4. The minimum Gasteiger partial charge on any atom is -0.277 e. The van der Waals surface area contributed by atoms with Gasteiger partial charge in [0.05, 0.1) is 20.5 Å². The molecule has 0 aliphatic rings. The van der Waals surface area contributed by atoms with Crippen LogP contribution in [0.3, 0.4) is 0 Å². The molecule has 0 fully saturated rings. The highest BCUT2D eigenvalue weighted by Gasteiger charge is 1.99. The van der Waals surface area contributed by atoms with Gasteiger partial charge in [-0.05, 0) is 13.3 Å². The summed E-state index contributed by atoms with van der Waals surface area (Å²) in [4.78, 5) is 0. The van der Waals surface area contributed by atoms with Crippen LogP contribution in [0.2, 0.25) is 0 Å². The zero-order chi connectivity index (χ0) is 7.28. The van der Waals surface area contributed by atoms with Crippen molar-refractivity contribution in [1.82, 2.24) is 5.32 Å². The summed E-state index contributed by atoms with van der Waals surface area (Å²) in [6.45, 7) is 6.59. The molecule has 9 heavy (non-hydrogen) atoms. The second-order valence-corrected chi connectivity index (χ2v) is 4.56. The van der Waals surface area contributed by atoms with Crippen LogP contribution in [0.15, 0.2) is 0 Å². The summed E-state index contributed by atoms with van der Waals surface area (Å²) in [6.07, 6.45) is 6.26. The van der Waals surface area contributed by atoms with Crippen molar-refractivity contribution >= 4 is 13.8 Å². The van der Waals surface area contributed by atoms with Gasteiger partial charge in [0, 0.05) is 6.04 Å². The molecule has 0 amide bonds. The molecule has 0 aromatic rings. The molecule has 1 N–H and O–H groups in total. The van der Waals surface area contributed by atoms with E-state index in [-0.39, 0.29) is 7.55 Å². The van der Waals surface area contributed by atoms with Gasteiger partial charge in [-0.3, -0.25) is 5.32 Å². The molecule has 0 aliphatic heterocycles. The van der Waals surface area contributed by atoms with E-state index in [1.807, 2.05) is 0 Å². The van der Waals surface area contributed by atoms with Gasteiger partial charge < -0.3 is 0 Å². The Morgan fingerprint density at radius 2 is 2.22 bits per heavy atom. The lowest BCUT2D eigenvalue weighted by atomic mass is 10.3. The fraction of sp³-hybridized carbons (Fsp3) is 0.857. The van der Waals surface area contributed by atoms with Gasteiger partial charge in [-0.2, -0.15) is 0 Å². The van der Waals surface area contributed by atoms with Gasteiger partial charge in [0.25, 0.3) is 0 Å². The van der Waals surface area contributed by atoms with Crippen molar-refractivity contribution in [2.45, 2.75) is 26.3 Å². The van der Waals surface area contributed by atoms with Crippen molar-refractivity contribution in [3.8, 4) is 0 Å². The Balaban J connectivity index is 3.16. The molecule has 0 bridgehead atoms. The Labute approximate surface area is 59.2 Å². The third kappa shape index (κ3) is 6.01. The van der Waals surface area contributed by atoms with Gasteiger partial charge in [0.1, 0.15) is 0 Å². The average molecular weight is 146 g/mol. The third-order valence-electron chi connectivity index (χ3n) is 1.32. The number of nitrogens with one attached hydrogen (secondary N) is 1. The van der Waals surface area contributed by atoms with Gasteiger partial charge in [0.2, 0.25) is 0 Å². The van der Waals surface area contributed by atoms with Crippen LogP contribution < -0.4 is 5.32 Å². The van der Waals surface area contributed by atoms with Crippen LogP contribution in [0, 0.1) is 0 Å². The lowest BCUT2D eigenvalue weighted by Gasteiger charge is -2.05. The summed E-state index contributed by atoms with van der Waals surface area (Å²) in [5.41, 5.74) is 0. The normalized spacial score (nSPS) is 15.2. The molecule has 2 atom stereocenters. The van der Waals surface area contributed by atoms with E-state index in [4.69, 9.17) is 0 Å². The molecule has 0 rings (SSSR count). The molecule has 0 saturated heterocycles. The summed E-state index contributed by atoms with van der Waals surface area (Å²) in [5, 5.41) is 3.40. The molecule has 0 aromatic carbocycles. The first-order chi connectivity index (χ1) is 4.16. The molecule has 0 aromatic heterocycles. The smallest absolute Gasteiger partial charge is 0.156 e. The molecule has 0 spiro atoms. The predicted octanol–water partition coefficient (Wildman–Crippen LogP) is 1.88. The zero-order valence-electron chi connectivity index (χ0n) is 6.65. The molecule has 54 valence electrons. The SMILES string of the molecule is C=[P+](C)CNC(C)CC. The van der Waals surface area contributed by atoms with Crippen LogP contribution in [0.4, 0.5) is 0 Å². The lowest BCUT2D eigenvalue weighted by Crippen LogP contribution is -2.24. The van der Waals surface area contributed by atoms with Crippen LogP contribution >= 0.6 is 7.55 Å². The molecular weight excluding hydrogens is 129 g/mol. The number of hydrogen-bond donors (Lipinski definition) is 1. The maximum absolute atomic E-state index is 3.95. The predicted molar refractivity (Wildman–Crippen MR) is 47.7 cm³/mol. The van der Waals surface area contributed by atoms with Gasteiger partial charge in [-0.1, -0.05) is 6.92 Å². The van der Waals surface area contributed by atoms with E-state index in [1.165, 1.54) is 6.42 Å². The number of hydrogen-bond acceptors (Lipinski definition) is 1. The van der Waals surface area contributed by atoms with Crippen LogP contribution in [-0.4, -0.2) is 25.3 Å². The zero-order valence-corrected chi connectivity index (χ0v) is 7.54. The molecule has 0 saturated carbocycles. The second kappa shape index (κ2) is 4.96. The highest BCUT2D eigenvalue weighted by atomic mass is 31.1. The fourth-order valence-corrected chi connectivity index (χ4v) is 1.08. The van der Waals surface area contributed by atoms with Crippen molar-refractivity contribution < 1.29 is 0 Å². The summed E-state index contributed by atoms with van der Waals surface area (Å²) in [6, 6.07) is 0.664. The van der Waals surface area contributed by atoms with Crippen molar-refractivity contribution in [1.29, 1.82) is 0 Å². The first kappa shape index (κ1) is 9.13. The first-order valence-electron chi connectivity index (χ1n) is 3.41. The first-order valence-corrected chi connectivity index (χ1v) is 5.57. The Bertz CT molecular complexity index is 90.9. The lowest BCUT2D eigenvalue weighted by molar-refractivity contribution is 0.582. The quantitative estimate of drug-likeness (QED) is 0.597. The van der Waals surface area contributed by atoms with E-state index in [1.54, 1.807) is 0 Å². The summed E-state index contributed by atoms with van der Waals surface area (Å²) in [7, 11) is 0.000195. The van der Waals surface area contributed by atoms with Crippen LogP contribution in [0.25, 0.3) is 0 Å². The van der Waals surface area contributed by atoms with Gasteiger partial charge in [-0.15, -0.1) is 0 Å². The summed E-state index contributed by atoms with van der Waals surface area (Å²) < 4.78 is 0. The second-order valence-electron chi connectivity index (χ2n) is 2.53. The topological polar surface area (TPSA) is 12.0 Å². The van der Waals surface area contributed by atoms with Crippen LogP contribution in [-0.2, 0) is 0 Å². The minimum atomic E-state index is 0.000195. The highest BCUT2D eigenvalue weighted by molar-refractivity contribution is 7.54. The van der Waals surface area contributed by atoms with E-state index >= 15 is 0 Å². The molecule has 2 unspecified atom stereocenters. The largest absolute Gasteiger partial charge is 0.277 e. The highest BCUT2D eigenvalue weighted by Crippen LogP contribution is 2.09. The third-order valence-corrected chi connectivity index (χ3v) is 2.04. The van der Waals surface area contributed by atoms with E-state index in [0.717, 1.165) is 6.29 Å². The standard InChI is InChI=1S/C7H17NP/c1-5-7(2)8-6-9(3)4/h7-8H,3,5-6H2,1-2,4H3/q+1. The van der Waals surface area contributed by atoms with Crippen LogP contribution in [0.1, 0.15) is 20.3 Å². The molecular formula is C7H17NP+. The Morgan fingerprint density at radius 3 is 2.56 bits per heavy atom. The maximum Gasteiger partial charge on any atom is 0.156 e. The maximum atomic E-state index is 3.95. The molecule has 0 radical (unpaired) electrons. The Hall–Kier alpha value is 0.130. The van der Waals surface area contributed by atoms with Crippen molar-refractivity contribution in [3.05, 3.63) is 0 Å². The monoisotopic (exact) mass is 146 g/mol. The fourth-order valence-electron chi connectivity index (χ4n) is 0.456. The summed E-state index contributed by atoms with van der Waals surface area (Å²) in [5.74, 6) is 0. The Kier molecular flexibility index (Phi) is 5.03. The van der Waals surface area contributed by atoms with Gasteiger partial charge in [0.15, 0.2) is 6.29 Å². The van der Waals surface area contributed by atoms with Crippen LogP contribution in [0.5, 0.6) is 0 Å². The average Bonchev–Trinajstić information content (AvgIpc) is 1.83. The molecule has 2 heteroatoms. The van der Waals surface area contributed by atoms with E-state index in [9.17, 15) is 0 Å². The Morgan fingerprint density at radius 1 is 1.67 bits per heavy atom. The van der Waals surface area contributed by atoms with Gasteiger partial charge >= 0.3 is 0 Å². The van der Waals surface area contributed by atoms with Crippen molar-refractivity contribution in [3.63, 3.8) is 0 Å². The molecule has 0 aliphatic carbocycles. The van der Waals surface area contributed by atoms with E-state index < -0.39 is 0 Å². The van der Waals surface area contributed by atoms with Gasteiger partial charge in [-0.25, -0.2) is 0 Å². The van der Waals surface area contributed by atoms with E-state index in [0.29, 0.717) is 6.04 Å². The van der Waals surface area contributed by atoms with E-state index in [2.05, 4.69) is 32.1 Å². The van der Waals surface area contributed by atoms with Crippen molar-refractivity contribution in [2.24, 2.45) is 0 Å². The molecule has 0 heterocycles. The molecule has 1 nitrogen and oxygen atoms in total. The summed E-state index contributed by atoms with van der Waals surface area (Å²) >= 11 is 0.